The number of nitrogens with zero attached hydrogens (tertiary/aromatic N) is 3. The molecule has 0 fully saturated rings. The van der Waals surface area contributed by atoms with Gasteiger partial charge in [0.25, 0.3) is 5.91 Å². The molecule has 0 saturated carbocycles. The molecule has 1 amide bonds. The Morgan fingerprint density at radius 2 is 1.95 bits per heavy atom. The fourth-order valence-corrected chi connectivity index (χ4v) is 2.55. The first kappa shape index (κ1) is 13.7. The van der Waals surface area contributed by atoms with E-state index in [9.17, 15) is 4.79 Å². The Morgan fingerprint density at radius 1 is 1.14 bits per heavy atom. The zero-order valence-corrected chi connectivity index (χ0v) is 12.2. The molecule has 2 aromatic heterocycles. The lowest BCUT2D eigenvalue weighted by Gasteiger charge is -2.00. The Morgan fingerprint density at radius 3 is 2.71 bits per heavy atom. The maximum absolute atomic E-state index is 12.0. The average molecular weight is 317 g/mol. The highest BCUT2D eigenvalue weighted by molar-refractivity contribution is 7.14. The number of hydrogen-bond donors (Lipinski definition) is 1. The van der Waals surface area contributed by atoms with Crippen molar-refractivity contribution in [2.45, 2.75) is 0 Å². The number of thiazole rings is 1. The maximum atomic E-state index is 12.0. The summed E-state index contributed by atoms with van der Waals surface area (Å²) in [7, 11) is 0. The Bertz CT molecular complexity index is 775. The molecule has 0 atom stereocenters. The Balaban J connectivity index is 1.77. The number of carbonyl (C=O) groups is 1. The summed E-state index contributed by atoms with van der Waals surface area (Å²) in [4.78, 5) is 24.1. The van der Waals surface area contributed by atoms with Crippen LogP contribution in [0.25, 0.3) is 11.3 Å². The van der Waals surface area contributed by atoms with Gasteiger partial charge in [0, 0.05) is 10.9 Å². The Kier molecular flexibility index (Phi) is 3.89. The molecule has 3 rings (SSSR count). The van der Waals surface area contributed by atoms with Gasteiger partial charge in [-0.25, -0.2) is 9.97 Å². The van der Waals surface area contributed by atoms with Crippen molar-refractivity contribution in [2.24, 2.45) is 0 Å². The number of carbonyl (C=O) groups excluding carboxylic acids is 1. The second-order valence-corrected chi connectivity index (χ2v) is 5.33. The van der Waals surface area contributed by atoms with Gasteiger partial charge >= 0.3 is 0 Å². The first-order valence-electron chi connectivity index (χ1n) is 6.02. The van der Waals surface area contributed by atoms with Crippen molar-refractivity contribution in [1.29, 1.82) is 0 Å². The number of nitrogens with one attached hydrogen (secondary N) is 1. The van der Waals surface area contributed by atoms with Crippen LogP contribution in [0.15, 0.2) is 48.1 Å². The molecule has 0 aliphatic rings. The van der Waals surface area contributed by atoms with Crippen LogP contribution in [0, 0.1) is 0 Å². The van der Waals surface area contributed by atoms with Gasteiger partial charge in [-0.3, -0.25) is 15.1 Å². The third kappa shape index (κ3) is 3.24. The van der Waals surface area contributed by atoms with Crippen molar-refractivity contribution < 1.29 is 4.79 Å². The Hall–Kier alpha value is -2.31. The van der Waals surface area contributed by atoms with E-state index in [1.54, 1.807) is 0 Å². The summed E-state index contributed by atoms with van der Waals surface area (Å²) in [6.45, 7) is 0. The van der Waals surface area contributed by atoms with Crippen LogP contribution in [0.1, 0.15) is 10.5 Å². The smallest absolute Gasteiger partial charge is 0.277 e. The zero-order valence-electron chi connectivity index (χ0n) is 10.7. The van der Waals surface area contributed by atoms with Crippen LogP contribution in [0.2, 0.25) is 5.15 Å². The molecule has 3 aromatic rings. The molecule has 0 saturated heterocycles. The van der Waals surface area contributed by atoms with Crippen LogP contribution in [0.4, 0.5) is 5.13 Å². The highest BCUT2D eigenvalue weighted by Gasteiger charge is 2.11. The van der Waals surface area contributed by atoms with Gasteiger partial charge < -0.3 is 0 Å². The van der Waals surface area contributed by atoms with Crippen molar-refractivity contribution in [3.8, 4) is 11.3 Å². The van der Waals surface area contributed by atoms with E-state index in [-0.39, 0.29) is 16.8 Å². The second-order valence-electron chi connectivity index (χ2n) is 4.09. The topological polar surface area (TPSA) is 67.8 Å². The first-order chi connectivity index (χ1) is 10.2. The first-order valence-corrected chi connectivity index (χ1v) is 7.28. The summed E-state index contributed by atoms with van der Waals surface area (Å²) >= 11 is 7.06. The molecule has 5 nitrogen and oxygen atoms in total. The molecule has 0 bridgehead atoms. The molecule has 1 N–H and O–H groups in total. The molecule has 1 aromatic carbocycles. The third-order valence-electron chi connectivity index (χ3n) is 2.63. The molecule has 0 radical (unpaired) electrons. The third-order valence-corrected chi connectivity index (χ3v) is 3.57. The van der Waals surface area contributed by atoms with Crippen LogP contribution in [-0.2, 0) is 0 Å². The van der Waals surface area contributed by atoms with E-state index in [1.807, 2.05) is 35.7 Å². The normalized spacial score (nSPS) is 10.3. The lowest BCUT2D eigenvalue weighted by Crippen LogP contribution is -2.13. The van der Waals surface area contributed by atoms with Crippen LogP contribution in [-0.4, -0.2) is 20.9 Å². The number of aromatic nitrogens is 3. The number of hydrogen-bond acceptors (Lipinski definition) is 5. The monoisotopic (exact) mass is 316 g/mol. The Labute approximate surface area is 129 Å². The molecule has 7 heteroatoms. The van der Waals surface area contributed by atoms with E-state index >= 15 is 0 Å². The minimum absolute atomic E-state index is 0.152. The van der Waals surface area contributed by atoms with Crippen molar-refractivity contribution in [3.05, 3.63) is 59.0 Å². The molecular weight excluding hydrogens is 308 g/mol. The van der Waals surface area contributed by atoms with Gasteiger partial charge in [-0.05, 0) is 0 Å². The van der Waals surface area contributed by atoms with Crippen molar-refractivity contribution in [3.63, 3.8) is 0 Å². The number of halogens is 1. The van der Waals surface area contributed by atoms with Crippen LogP contribution >= 0.6 is 22.9 Å². The standard InChI is InChI=1S/C14H9ClN4OS/c15-12-7-16-6-10(17-12)13(20)19-14-18-11(8-21-14)9-4-2-1-3-5-9/h1-8H,(H,18,19,20). The van der Waals surface area contributed by atoms with Crippen molar-refractivity contribution in [2.75, 3.05) is 5.32 Å². The summed E-state index contributed by atoms with van der Waals surface area (Å²) in [6, 6.07) is 9.74. The number of rotatable bonds is 3. The summed E-state index contributed by atoms with van der Waals surface area (Å²) in [5.41, 5.74) is 1.96. The van der Waals surface area contributed by atoms with Crippen LogP contribution < -0.4 is 5.32 Å². The van der Waals surface area contributed by atoms with Crippen LogP contribution in [0.5, 0.6) is 0 Å². The molecule has 0 aliphatic carbocycles. The highest BCUT2D eigenvalue weighted by atomic mass is 35.5. The zero-order chi connectivity index (χ0) is 14.7. The summed E-state index contributed by atoms with van der Waals surface area (Å²) < 4.78 is 0. The lowest BCUT2D eigenvalue weighted by atomic mass is 10.2. The number of benzene rings is 1. The minimum Gasteiger partial charge on any atom is -0.296 e. The molecule has 0 unspecified atom stereocenters. The minimum atomic E-state index is -0.390. The SMILES string of the molecule is O=C(Nc1nc(-c2ccccc2)cs1)c1cncc(Cl)n1. The molecule has 2 heterocycles. The molecule has 0 spiro atoms. The van der Waals surface area contributed by atoms with Crippen LogP contribution in [0.3, 0.4) is 0 Å². The van der Waals surface area contributed by atoms with Gasteiger partial charge in [0.1, 0.15) is 10.8 Å². The van der Waals surface area contributed by atoms with Gasteiger partial charge in [-0.2, -0.15) is 0 Å². The predicted octanol–water partition coefficient (Wildman–Crippen LogP) is 3.51. The molecular formula is C14H9ClN4OS. The summed E-state index contributed by atoms with van der Waals surface area (Å²) in [6.07, 6.45) is 2.72. The van der Waals surface area contributed by atoms with E-state index < -0.39 is 0 Å². The van der Waals surface area contributed by atoms with Gasteiger partial charge in [-0.1, -0.05) is 41.9 Å². The van der Waals surface area contributed by atoms with E-state index in [2.05, 4.69) is 20.3 Å². The lowest BCUT2D eigenvalue weighted by molar-refractivity contribution is 0.102. The fourth-order valence-electron chi connectivity index (χ4n) is 1.69. The van der Waals surface area contributed by atoms with E-state index in [4.69, 9.17) is 11.6 Å². The quantitative estimate of drug-likeness (QED) is 0.803. The van der Waals surface area contributed by atoms with E-state index in [0.29, 0.717) is 5.13 Å². The second kappa shape index (κ2) is 5.99. The molecule has 21 heavy (non-hydrogen) atoms. The summed E-state index contributed by atoms with van der Waals surface area (Å²) in [5, 5.41) is 5.24. The van der Waals surface area contributed by atoms with E-state index in [1.165, 1.54) is 23.7 Å². The van der Waals surface area contributed by atoms with Gasteiger partial charge in [-0.15, -0.1) is 11.3 Å². The number of amides is 1. The average Bonchev–Trinajstić information content (AvgIpc) is 2.97. The van der Waals surface area contributed by atoms with Gasteiger partial charge in [0.15, 0.2) is 5.13 Å². The van der Waals surface area contributed by atoms with E-state index in [0.717, 1.165) is 11.3 Å². The summed E-state index contributed by atoms with van der Waals surface area (Å²) in [5.74, 6) is -0.390. The predicted molar refractivity (Wildman–Crippen MR) is 82.5 cm³/mol. The maximum Gasteiger partial charge on any atom is 0.277 e. The highest BCUT2D eigenvalue weighted by Crippen LogP contribution is 2.24. The fraction of sp³-hybridized carbons (Fsp3) is 0. The van der Waals surface area contributed by atoms with Crippen molar-refractivity contribution in [1.82, 2.24) is 15.0 Å². The van der Waals surface area contributed by atoms with Gasteiger partial charge in [0.05, 0.1) is 18.1 Å². The van der Waals surface area contributed by atoms with Gasteiger partial charge in [0.2, 0.25) is 0 Å². The molecule has 0 aliphatic heterocycles. The molecule has 104 valence electrons. The number of anilines is 1. The largest absolute Gasteiger partial charge is 0.296 e. The van der Waals surface area contributed by atoms with Crippen molar-refractivity contribution >= 4 is 34.0 Å².